The van der Waals surface area contributed by atoms with Gasteiger partial charge < -0.3 is 26.6 Å². The summed E-state index contributed by atoms with van der Waals surface area (Å²) in [5.74, 6) is 0.762. The average molecular weight is 628 g/mol. The van der Waals surface area contributed by atoms with Crippen molar-refractivity contribution in [3.05, 3.63) is 48.0 Å². The second-order valence-corrected chi connectivity index (χ2v) is 14.0. The molecule has 0 spiro atoms. The van der Waals surface area contributed by atoms with Crippen LogP contribution in [0.4, 0.5) is 4.79 Å². The summed E-state index contributed by atoms with van der Waals surface area (Å²) in [5, 5.41) is 15.5. The van der Waals surface area contributed by atoms with Crippen LogP contribution in [0.3, 0.4) is 0 Å². The molecule has 244 valence electrons. The van der Waals surface area contributed by atoms with E-state index in [9.17, 15) is 19.2 Å². The van der Waals surface area contributed by atoms with E-state index in [1.54, 1.807) is 0 Å². The van der Waals surface area contributed by atoms with Gasteiger partial charge in [-0.05, 0) is 50.5 Å². The summed E-state index contributed by atoms with van der Waals surface area (Å²) in [7, 11) is 0. The minimum absolute atomic E-state index is 0.0583. The van der Waals surface area contributed by atoms with Crippen LogP contribution in [0.5, 0.6) is 0 Å². The lowest BCUT2D eigenvalue weighted by molar-refractivity contribution is -0.130. The van der Waals surface area contributed by atoms with Crippen molar-refractivity contribution in [2.75, 3.05) is 18.8 Å². The number of rotatable bonds is 20. The van der Waals surface area contributed by atoms with Crippen molar-refractivity contribution in [1.29, 1.82) is 0 Å². The van der Waals surface area contributed by atoms with Crippen molar-refractivity contribution in [3.63, 3.8) is 0 Å². The van der Waals surface area contributed by atoms with E-state index in [2.05, 4.69) is 47.0 Å². The summed E-state index contributed by atoms with van der Waals surface area (Å²) in [6.07, 6.45) is 8.18. The average Bonchev–Trinajstić information content (AvgIpc) is 3.54. The molecule has 9 nitrogen and oxygen atoms in total. The Labute approximate surface area is 267 Å². The van der Waals surface area contributed by atoms with Crippen LogP contribution in [-0.2, 0) is 20.8 Å². The summed E-state index contributed by atoms with van der Waals surface area (Å²) in [5.41, 5.74) is 1.80. The Hall–Kier alpha value is -3.01. The molecule has 2 heterocycles. The third-order valence-corrected chi connectivity index (χ3v) is 9.85. The molecule has 3 unspecified atom stereocenters. The SMILES string of the molecule is C=C(C)[C@@H](CC(C)C)C(=O)N[C@@H](Cc1ccccc1)C(=O)NCCCCCCNC(=O)CCCCC1SCC2NC(=O)NC21. The molecule has 0 radical (unpaired) electrons. The summed E-state index contributed by atoms with van der Waals surface area (Å²) >= 11 is 1.91. The minimum Gasteiger partial charge on any atom is -0.356 e. The Morgan fingerprint density at radius 1 is 0.955 bits per heavy atom. The van der Waals surface area contributed by atoms with Gasteiger partial charge in [0.1, 0.15) is 6.04 Å². The fraction of sp³-hybridized carbons (Fsp3) is 0.647. The number of benzene rings is 1. The Morgan fingerprint density at radius 2 is 1.66 bits per heavy atom. The van der Waals surface area contributed by atoms with Gasteiger partial charge in [-0.2, -0.15) is 11.8 Å². The first-order chi connectivity index (χ1) is 21.1. The van der Waals surface area contributed by atoms with Gasteiger partial charge in [0.25, 0.3) is 0 Å². The molecule has 2 fully saturated rings. The lowest BCUT2D eigenvalue weighted by Crippen LogP contribution is -2.50. The summed E-state index contributed by atoms with van der Waals surface area (Å²) in [6.45, 7) is 11.2. The fourth-order valence-corrected chi connectivity index (χ4v) is 7.41. The smallest absolute Gasteiger partial charge is 0.315 e. The van der Waals surface area contributed by atoms with Crippen LogP contribution in [-0.4, -0.2) is 66.0 Å². The monoisotopic (exact) mass is 627 g/mol. The number of carbonyl (C=O) groups is 4. The van der Waals surface area contributed by atoms with Crippen molar-refractivity contribution >= 4 is 35.5 Å². The number of thioether (sulfide) groups is 1. The molecule has 1 aromatic rings. The van der Waals surface area contributed by atoms with Gasteiger partial charge in [0.2, 0.25) is 17.7 Å². The first-order valence-corrected chi connectivity index (χ1v) is 17.4. The molecular formula is C34H53N5O4S. The van der Waals surface area contributed by atoms with E-state index in [1.165, 1.54) is 0 Å². The third-order valence-electron chi connectivity index (χ3n) is 8.34. The number of amides is 5. The van der Waals surface area contributed by atoms with Crippen LogP contribution >= 0.6 is 11.8 Å². The maximum atomic E-state index is 13.1. The van der Waals surface area contributed by atoms with E-state index in [0.717, 1.165) is 61.8 Å². The zero-order valence-electron chi connectivity index (χ0n) is 26.8. The molecule has 5 N–H and O–H groups in total. The molecule has 10 heteroatoms. The molecule has 0 saturated carbocycles. The third kappa shape index (κ3) is 12.2. The van der Waals surface area contributed by atoms with Crippen molar-refractivity contribution in [2.24, 2.45) is 11.8 Å². The predicted molar refractivity (Wildman–Crippen MR) is 178 cm³/mol. The van der Waals surface area contributed by atoms with Crippen LogP contribution in [0.25, 0.3) is 0 Å². The Kier molecular flexibility index (Phi) is 15.1. The fourth-order valence-electron chi connectivity index (χ4n) is 5.86. The van der Waals surface area contributed by atoms with Gasteiger partial charge in [0.05, 0.1) is 18.0 Å². The van der Waals surface area contributed by atoms with Gasteiger partial charge in [-0.15, -0.1) is 0 Å². The molecule has 44 heavy (non-hydrogen) atoms. The topological polar surface area (TPSA) is 128 Å². The van der Waals surface area contributed by atoms with E-state index in [4.69, 9.17) is 0 Å². The molecule has 1 aromatic carbocycles. The van der Waals surface area contributed by atoms with Gasteiger partial charge in [0.15, 0.2) is 0 Å². The lowest BCUT2D eigenvalue weighted by atomic mass is 9.90. The number of unbranched alkanes of at least 4 members (excludes halogenated alkanes) is 4. The van der Waals surface area contributed by atoms with Crippen molar-refractivity contribution in [3.8, 4) is 0 Å². The molecule has 0 bridgehead atoms. The van der Waals surface area contributed by atoms with Crippen LogP contribution in [0, 0.1) is 11.8 Å². The highest BCUT2D eigenvalue weighted by Gasteiger charge is 2.42. The number of fused-ring (bicyclic) bond motifs is 1. The number of urea groups is 1. The summed E-state index contributed by atoms with van der Waals surface area (Å²) < 4.78 is 0. The molecule has 2 aliphatic rings. The van der Waals surface area contributed by atoms with Crippen molar-refractivity contribution in [2.45, 2.75) is 108 Å². The highest BCUT2D eigenvalue weighted by atomic mass is 32.2. The van der Waals surface area contributed by atoms with Gasteiger partial charge in [-0.25, -0.2) is 4.79 Å². The normalized spacial score (nSPS) is 20.3. The van der Waals surface area contributed by atoms with E-state index in [1.807, 2.05) is 49.0 Å². The molecule has 2 aliphatic heterocycles. The highest BCUT2D eigenvalue weighted by molar-refractivity contribution is 8.00. The molecular weight excluding hydrogens is 574 g/mol. The lowest BCUT2D eigenvalue weighted by Gasteiger charge is -2.24. The number of hydrogen-bond acceptors (Lipinski definition) is 5. The predicted octanol–water partition coefficient (Wildman–Crippen LogP) is 4.47. The number of nitrogens with one attached hydrogen (secondary N) is 5. The quantitative estimate of drug-likeness (QED) is 0.0828. The number of hydrogen-bond donors (Lipinski definition) is 5. The van der Waals surface area contributed by atoms with Crippen LogP contribution in [0.2, 0.25) is 0 Å². The van der Waals surface area contributed by atoms with Gasteiger partial charge in [0, 0.05) is 36.9 Å². The molecule has 2 saturated heterocycles. The minimum atomic E-state index is -0.649. The van der Waals surface area contributed by atoms with E-state index in [0.29, 0.717) is 43.5 Å². The zero-order chi connectivity index (χ0) is 31.9. The van der Waals surface area contributed by atoms with E-state index < -0.39 is 6.04 Å². The zero-order valence-corrected chi connectivity index (χ0v) is 27.6. The van der Waals surface area contributed by atoms with Crippen molar-refractivity contribution < 1.29 is 19.2 Å². The maximum absolute atomic E-state index is 13.1. The molecule has 0 aromatic heterocycles. The van der Waals surface area contributed by atoms with Gasteiger partial charge in [-0.3, -0.25) is 14.4 Å². The second-order valence-electron chi connectivity index (χ2n) is 12.7. The van der Waals surface area contributed by atoms with Crippen LogP contribution in [0.15, 0.2) is 42.5 Å². The standard InChI is InChI=1S/C34H53N5O4S/c1-23(2)20-26(24(3)4)32(41)37-27(21-25-14-8-7-9-15-25)33(42)36-19-13-6-5-12-18-35-30(40)17-11-10-16-29-31-28(22-44-29)38-34(43)39-31/h7-9,14-15,23,26-29,31H,3,5-6,10-13,16-22H2,1-2,4H3,(H,35,40)(H,36,42)(H,37,41)(H2,38,39,43)/t26-,27+,28?,29?,31?/m1/s1. The van der Waals surface area contributed by atoms with Crippen LogP contribution < -0.4 is 26.6 Å². The molecule has 5 amide bonds. The molecule has 3 rings (SSSR count). The Morgan fingerprint density at radius 3 is 2.34 bits per heavy atom. The second kappa shape index (κ2) is 18.7. The Bertz CT molecular complexity index is 1100. The Balaban J connectivity index is 1.27. The number of carbonyl (C=O) groups excluding carboxylic acids is 4. The molecule has 5 atom stereocenters. The summed E-state index contributed by atoms with van der Waals surface area (Å²) in [4.78, 5) is 50.0. The first kappa shape index (κ1) is 35.5. The van der Waals surface area contributed by atoms with Gasteiger partial charge in [-0.1, -0.05) is 75.6 Å². The van der Waals surface area contributed by atoms with Crippen LogP contribution in [0.1, 0.15) is 84.1 Å². The van der Waals surface area contributed by atoms with E-state index in [-0.39, 0.29) is 41.8 Å². The van der Waals surface area contributed by atoms with Gasteiger partial charge >= 0.3 is 6.03 Å². The summed E-state index contributed by atoms with van der Waals surface area (Å²) in [6, 6.07) is 9.50. The maximum Gasteiger partial charge on any atom is 0.315 e. The highest BCUT2D eigenvalue weighted by Crippen LogP contribution is 2.33. The molecule has 0 aliphatic carbocycles. The van der Waals surface area contributed by atoms with E-state index >= 15 is 0 Å². The van der Waals surface area contributed by atoms with Crippen molar-refractivity contribution in [1.82, 2.24) is 26.6 Å². The largest absolute Gasteiger partial charge is 0.356 e. The first-order valence-electron chi connectivity index (χ1n) is 16.4.